The number of halogens is 1. The van der Waals surface area contributed by atoms with Gasteiger partial charge in [-0.05, 0) is 18.8 Å². The van der Waals surface area contributed by atoms with Crippen LogP contribution in [0.1, 0.15) is 12.8 Å². The summed E-state index contributed by atoms with van der Waals surface area (Å²) in [7, 11) is 0. The summed E-state index contributed by atoms with van der Waals surface area (Å²) in [6.07, 6.45) is 1.99. The average molecular weight is 194 g/mol. The van der Waals surface area contributed by atoms with Gasteiger partial charge in [-0.3, -0.25) is 0 Å². The molecule has 0 amide bonds. The Morgan fingerprint density at radius 1 is 1.56 bits per heavy atom. The lowest BCUT2D eigenvalue weighted by atomic mass is 10.1. The van der Waals surface area contributed by atoms with Gasteiger partial charge in [-0.25, -0.2) is 0 Å². The maximum Gasteiger partial charge on any atom is 0.0460 e. The molecule has 0 aromatic rings. The second kappa shape index (κ2) is 2.99. The normalized spacial score (nSPS) is 43.7. The van der Waals surface area contributed by atoms with Crippen LogP contribution < -0.4 is 5.73 Å². The number of aliphatic hydroxyl groups excluding tert-OH is 1. The number of hydrogen-bond donors (Lipinski definition) is 2. The summed E-state index contributed by atoms with van der Waals surface area (Å²) in [6, 6.07) is 0.252. The first-order valence-corrected chi connectivity index (χ1v) is 4.16. The minimum Gasteiger partial charge on any atom is -0.396 e. The van der Waals surface area contributed by atoms with Crippen molar-refractivity contribution in [2.45, 2.75) is 23.7 Å². The van der Waals surface area contributed by atoms with E-state index in [0.29, 0.717) is 10.7 Å². The predicted molar refractivity (Wildman–Crippen MR) is 40.5 cm³/mol. The molecule has 1 unspecified atom stereocenters. The van der Waals surface area contributed by atoms with Crippen molar-refractivity contribution in [3.8, 4) is 0 Å². The molecule has 1 saturated carbocycles. The van der Waals surface area contributed by atoms with Gasteiger partial charge in [0.15, 0.2) is 0 Å². The van der Waals surface area contributed by atoms with Crippen molar-refractivity contribution >= 4 is 15.9 Å². The van der Waals surface area contributed by atoms with Crippen LogP contribution in [0.5, 0.6) is 0 Å². The van der Waals surface area contributed by atoms with E-state index in [2.05, 4.69) is 15.9 Å². The van der Waals surface area contributed by atoms with Crippen LogP contribution in [0.4, 0.5) is 0 Å². The van der Waals surface area contributed by atoms with Crippen molar-refractivity contribution in [1.29, 1.82) is 0 Å². The number of rotatable bonds is 1. The molecule has 0 saturated heterocycles. The van der Waals surface area contributed by atoms with Gasteiger partial charge < -0.3 is 10.8 Å². The van der Waals surface area contributed by atoms with Crippen LogP contribution in [-0.4, -0.2) is 22.6 Å². The van der Waals surface area contributed by atoms with Crippen LogP contribution in [0.25, 0.3) is 0 Å². The van der Waals surface area contributed by atoms with E-state index in [0.717, 1.165) is 12.8 Å². The topological polar surface area (TPSA) is 46.2 Å². The van der Waals surface area contributed by atoms with Crippen LogP contribution >= 0.6 is 15.9 Å². The van der Waals surface area contributed by atoms with Crippen LogP contribution in [-0.2, 0) is 0 Å². The second-order valence-electron chi connectivity index (χ2n) is 2.70. The molecule has 0 aromatic heterocycles. The SMILES string of the molecule is N[C@@H]1C[C@@H](CO)CC1Br. The van der Waals surface area contributed by atoms with E-state index in [9.17, 15) is 0 Å². The average Bonchev–Trinajstić information content (AvgIpc) is 2.13. The highest BCUT2D eigenvalue weighted by Gasteiger charge is 2.28. The maximum absolute atomic E-state index is 8.73. The Morgan fingerprint density at radius 3 is 2.44 bits per heavy atom. The van der Waals surface area contributed by atoms with Gasteiger partial charge in [0, 0.05) is 17.5 Å². The van der Waals surface area contributed by atoms with Crippen molar-refractivity contribution in [2.24, 2.45) is 11.7 Å². The van der Waals surface area contributed by atoms with Gasteiger partial charge in [-0.2, -0.15) is 0 Å². The standard InChI is InChI=1S/C6H12BrNO/c7-5-1-4(3-9)2-6(5)8/h4-6,9H,1-3,8H2/t4-,5?,6+/m0/s1. The van der Waals surface area contributed by atoms with Crippen molar-refractivity contribution in [1.82, 2.24) is 0 Å². The third-order valence-electron chi connectivity index (χ3n) is 1.89. The highest BCUT2D eigenvalue weighted by atomic mass is 79.9. The first-order valence-electron chi connectivity index (χ1n) is 3.24. The minimum absolute atomic E-state index is 0.252. The maximum atomic E-state index is 8.73. The van der Waals surface area contributed by atoms with Crippen molar-refractivity contribution in [3.63, 3.8) is 0 Å². The molecule has 0 aliphatic heterocycles. The Bertz CT molecular complexity index is 89.1. The zero-order valence-electron chi connectivity index (χ0n) is 5.26. The first kappa shape index (κ1) is 7.51. The molecule has 1 fully saturated rings. The number of aliphatic hydroxyl groups is 1. The van der Waals surface area contributed by atoms with Gasteiger partial charge in [-0.1, -0.05) is 15.9 Å². The Labute approximate surface area is 63.6 Å². The van der Waals surface area contributed by atoms with Crippen molar-refractivity contribution in [2.75, 3.05) is 6.61 Å². The Balaban J connectivity index is 2.35. The van der Waals surface area contributed by atoms with Crippen LogP contribution in [0.15, 0.2) is 0 Å². The van der Waals surface area contributed by atoms with Crippen LogP contribution in [0.2, 0.25) is 0 Å². The molecule has 54 valence electrons. The molecule has 0 bridgehead atoms. The largest absolute Gasteiger partial charge is 0.396 e. The molecular formula is C6H12BrNO. The Morgan fingerprint density at radius 2 is 2.22 bits per heavy atom. The summed E-state index contributed by atoms with van der Waals surface area (Å²) in [5.41, 5.74) is 5.69. The third kappa shape index (κ3) is 1.66. The van der Waals surface area contributed by atoms with Gasteiger partial charge >= 0.3 is 0 Å². The smallest absolute Gasteiger partial charge is 0.0460 e. The molecule has 3 N–H and O–H groups in total. The van der Waals surface area contributed by atoms with Gasteiger partial charge in [0.2, 0.25) is 0 Å². The predicted octanol–water partition coefficient (Wildman–Crippen LogP) is 0.479. The molecule has 3 atom stereocenters. The summed E-state index contributed by atoms with van der Waals surface area (Å²) in [5.74, 6) is 0.435. The Kier molecular flexibility index (Phi) is 2.50. The lowest BCUT2D eigenvalue weighted by molar-refractivity contribution is 0.229. The summed E-state index contributed by atoms with van der Waals surface area (Å²) < 4.78 is 0. The fourth-order valence-electron chi connectivity index (χ4n) is 1.27. The lowest BCUT2D eigenvalue weighted by Gasteiger charge is -2.03. The fourth-order valence-corrected chi connectivity index (χ4v) is 2.02. The van der Waals surface area contributed by atoms with Crippen molar-refractivity contribution < 1.29 is 5.11 Å². The van der Waals surface area contributed by atoms with E-state index in [1.54, 1.807) is 0 Å². The highest BCUT2D eigenvalue weighted by Crippen LogP contribution is 2.29. The van der Waals surface area contributed by atoms with E-state index in [4.69, 9.17) is 10.8 Å². The quantitative estimate of drug-likeness (QED) is 0.596. The summed E-state index contributed by atoms with van der Waals surface area (Å²) >= 11 is 3.45. The summed E-state index contributed by atoms with van der Waals surface area (Å²) in [4.78, 5) is 0.426. The fraction of sp³-hybridized carbons (Fsp3) is 1.00. The zero-order chi connectivity index (χ0) is 6.85. The molecule has 9 heavy (non-hydrogen) atoms. The van der Waals surface area contributed by atoms with Crippen molar-refractivity contribution in [3.05, 3.63) is 0 Å². The summed E-state index contributed by atoms with van der Waals surface area (Å²) in [6.45, 7) is 0.288. The minimum atomic E-state index is 0.252. The van der Waals surface area contributed by atoms with E-state index in [1.807, 2.05) is 0 Å². The second-order valence-corrected chi connectivity index (χ2v) is 3.88. The highest BCUT2D eigenvalue weighted by molar-refractivity contribution is 9.09. The molecule has 1 aliphatic carbocycles. The number of nitrogens with two attached hydrogens (primary N) is 1. The number of hydrogen-bond acceptors (Lipinski definition) is 2. The zero-order valence-corrected chi connectivity index (χ0v) is 6.84. The Hall–Kier alpha value is 0.400. The molecule has 1 rings (SSSR count). The van der Waals surface area contributed by atoms with E-state index in [-0.39, 0.29) is 12.6 Å². The van der Waals surface area contributed by atoms with Gasteiger partial charge in [0.1, 0.15) is 0 Å². The molecule has 3 heteroatoms. The van der Waals surface area contributed by atoms with E-state index >= 15 is 0 Å². The molecule has 0 spiro atoms. The van der Waals surface area contributed by atoms with Crippen LogP contribution in [0, 0.1) is 5.92 Å². The monoisotopic (exact) mass is 193 g/mol. The van der Waals surface area contributed by atoms with Crippen LogP contribution in [0.3, 0.4) is 0 Å². The van der Waals surface area contributed by atoms with Gasteiger partial charge in [-0.15, -0.1) is 0 Å². The van der Waals surface area contributed by atoms with E-state index < -0.39 is 0 Å². The molecule has 0 aromatic carbocycles. The first-order chi connectivity index (χ1) is 4.24. The lowest BCUT2D eigenvalue weighted by Crippen LogP contribution is -2.24. The molecule has 0 heterocycles. The number of alkyl halides is 1. The molecule has 0 radical (unpaired) electrons. The summed E-state index contributed by atoms with van der Waals surface area (Å²) in [5, 5.41) is 8.73. The molecule has 2 nitrogen and oxygen atoms in total. The molecular weight excluding hydrogens is 182 g/mol. The van der Waals surface area contributed by atoms with Gasteiger partial charge in [0.25, 0.3) is 0 Å². The van der Waals surface area contributed by atoms with Gasteiger partial charge in [0.05, 0.1) is 0 Å². The molecule has 1 aliphatic rings. The van der Waals surface area contributed by atoms with E-state index in [1.165, 1.54) is 0 Å². The third-order valence-corrected chi connectivity index (χ3v) is 2.94.